The monoisotopic (exact) mass is 388 g/mol. The zero-order valence-electron chi connectivity index (χ0n) is 17.9. The number of aliphatic hydroxyl groups is 1. The third kappa shape index (κ3) is 3.12. The van der Waals surface area contributed by atoms with E-state index in [1.54, 1.807) is 6.26 Å². The summed E-state index contributed by atoms with van der Waals surface area (Å²) in [5, 5.41) is 10.6. The lowest BCUT2D eigenvalue weighted by Gasteiger charge is -2.58. The molecule has 0 spiro atoms. The minimum atomic E-state index is -0.528. The maximum atomic E-state index is 11.3. The van der Waals surface area contributed by atoms with Crippen LogP contribution < -0.4 is 0 Å². The van der Waals surface area contributed by atoms with E-state index < -0.39 is 5.60 Å². The van der Waals surface area contributed by atoms with Crippen LogP contribution in [0.15, 0.2) is 24.0 Å². The number of carbonyl (C=O) groups excluding carboxylic acids is 1. The molecule has 0 saturated heterocycles. The molecule has 7 unspecified atom stereocenters. The third-order valence-corrected chi connectivity index (χ3v) is 8.94. The molecule has 0 aromatic carbocycles. The molecule has 4 heteroatoms. The normalized spacial score (nSPS) is 47.7. The molecule has 4 nitrogen and oxygen atoms in total. The van der Waals surface area contributed by atoms with E-state index in [9.17, 15) is 9.90 Å². The number of hydrogen-bond donors (Lipinski definition) is 1. The van der Waals surface area contributed by atoms with Crippen LogP contribution in [0.1, 0.15) is 72.1 Å². The Bertz CT molecular complexity index is 693. The highest BCUT2D eigenvalue weighted by molar-refractivity contribution is 5.81. The summed E-state index contributed by atoms with van der Waals surface area (Å²) in [6.07, 6.45) is 14.3. The molecule has 0 aromatic rings. The number of methoxy groups -OCH3 is 1. The second-order valence-electron chi connectivity index (χ2n) is 10.5. The third-order valence-electron chi connectivity index (χ3n) is 8.94. The van der Waals surface area contributed by atoms with Crippen molar-refractivity contribution in [3.05, 3.63) is 24.0 Å². The van der Waals surface area contributed by atoms with Crippen LogP contribution in [-0.4, -0.2) is 29.9 Å². The van der Waals surface area contributed by atoms with Crippen molar-refractivity contribution in [3.8, 4) is 0 Å². The average Bonchev–Trinajstić information content (AvgIpc) is 2.98. The quantitative estimate of drug-likeness (QED) is 0.327. The molecule has 4 rings (SSSR count). The van der Waals surface area contributed by atoms with Crippen LogP contribution in [0.3, 0.4) is 0 Å². The molecule has 156 valence electrons. The second kappa shape index (κ2) is 6.90. The molecule has 7 atom stereocenters. The Labute approximate surface area is 169 Å². The van der Waals surface area contributed by atoms with Gasteiger partial charge in [0, 0.05) is 5.41 Å². The van der Waals surface area contributed by atoms with Crippen LogP contribution in [0.25, 0.3) is 0 Å². The van der Waals surface area contributed by atoms with E-state index in [0.717, 1.165) is 38.0 Å². The first-order chi connectivity index (χ1) is 13.2. The Balaban J connectivity index is 1.52. The molecule has 0 bridgehead atoms. The van der Waals surface area contributed by atoms with Gasteiger partial charge in [-0.2, -0.15) is 0 Å². The Morgan fingerprint density at radius 3 is 2.68 bits per heavy atom. The summed E-state index contributed by atoms with van der Waals surface area (Å²) in [5.41, 5.74) is 1.43. The number of rotatable bonds is 3. The molecule has 3 fully saturated rings. The molecule has 3 saturated carbocycles. The first kappa shape index (κ1) is 20.0. The number of fused-ring (bicyclic) bond motifs is 5. The zero-order valence-corrected chi connectivity index (χ0v) is 17.9. The standard InChI is InChI=1S/C24H36O4/c1-22(26)12-13-23(2)16(15-22)5-6-17-18-7-8-20(28-14-10-21(25)27-4)24(18,3)11-9-19(17)23/h5,10,14,17-20,26H,6-9,11-13,15H2,1-4H3. The van der Waals surface area contributed by atoms with Gasteiger partial charge in [0.1, 0.15) is 6.10 Å². The van der Waals surface area contributed by atoms with Crippen molar-refractivity contribution in [3.63, 3.8) is 0 Å². The number of allylic oxidation sites excluding steroid dienone is 1. The molecule has 0 radical (unpaired) electrons. The Morgan fingerprint density at radius 1 is 1.14 bits per heavy atom. The van der Waals surface area contributed by atoms with Crippen molar-refractivity contribution in [2.45, 2.75) is 83.8 Å². The fraction of sp³-hybridized carbons (Fsp3) is 0.792. The summed E-state index contributed by atoms with van der Waals surface area (Å²) < 4.78 is 10.7. The van der Waals surface area contributed by atoms with Crippen molar-refractivity contribution >= 4 is 5.97 Å². The molecule has 0 amide bonds. The van der Waals surface area contributed by atoms with Crippen LogP contribution in [0.4, 0.5) is 0 Å². The summed E-state index contributed by atoms with van der Waals surface area (Å²) in [6.45, 7) is 6.87. The van der Waals surface area contributed by atoms with Crippen LogP contribution in [0.5, 0.6) is 0 Å². The van der Waals surface area contributed by atoms with Crippen molar-refractivity contribution in [2.24, 2.45) is 28.6 Å². The average molecular weight is 389 g/mol. The largest absolute Gasteiger partial charge is 0.497 e. The van der Waals surface area contributed by atoms with E-state index in [1.165, 1.54) is 38.0 Å². The van der Waals surface area contributed by atoms with Crippen LogP contribution in [0, 0.1) is 28.6 Å². The van der Waals surface area contributed by atoms with Crippen LogP contribution in [0.2, 0.25) is 0 Å². The van der Waals surface area contributed by atoms with Gasteiger partial charge in [-0.05, 0) is 81.5 Å². The van der Waals surface area contributed by atoms with Gasteiger partial charge < -0.3 is 14.6 Å². The number of hydrogen-bond acceptors (Lipinski definition) is 4. The first-order valence-corrected chi connectivity index (χ1v) is 11.0. The van der Waals surface area contributed by atoms with Crippen molar-refractivity contribution in [1.82, 2.24) is 0 Å². The SMILES string of the molecule is COC(=O)C=COC1CCC2C3CC=C4CC(C)(O)CCC4(C)C3CCC12C. The van der Waals surface area contributed by atoms with E-state index >= 15 is 0 Å². The summed E-state index contributed by atoms with van der Waals surface area (Å²) in [4.78, 5) is 11.3. The van der Waals surface area contributed by atoms with Gasteiger partial charge in [0.2, 0.25) is 0 Å². The van der Waals surface area contributed by atoms with E-state index in [1.807, 2.05) is 6.92 Å². The predicted octanol–water partition coefficient (Wildman–Crippen LogP) is 4.77. The smallest absolute Gasteiger partial charge is 0.333 e. The molecule has 0 aromatic heterocycles. The van der Waals surface area contributed by atoms with Gasteiger partial charge in [-0.25, -0.2) is 4.79 Å². The minimum absolute atomic E-state index is 0.184. The van der Waals surface area contributed by atoms with Crippen LogP contribution in [-0.2, 0) is 14.3 Å². The summed E-state index contributed by atoms with van der Waals surface area (Å²) in [7, 11) is 1.39. The Hall–Kier alpha value is -1.29. The Morgan fingerprint density at radius 2 is 1.93 bits per heavy atom. The van der Waals surface area contributed by atoms with E-state index in [0.29, 0.717) is 11.8 Å². The number of ether oxygens (including phenoxy) is 2. The highest BCUT2D eigenvalue weighted by atomic mass is 16.5. The van der Waals surface area contributed by atoms with Crippen LogP contribution >= 0.6 is 0 Å². The van der Waals surface area contributed by atoms with E-state index in [2.05, 4.69) is 24.7 Å². The lowest BCUT2D eigenvalue weighted by molar-refractivity contribution is -0.135. The maximum Gasteiger partial charge on any atom is 0.333 e. The molecular weight excluding hydrogens is 352 g/mol. The van der Waals surface area contributed by atoms with Crippen molar-refractivity contribution in [2.75, 3.05) is 7.11 Å². The van der Waals surface area contributed by atoms with Crippen molar-refractivity contribution in [1.29, 1.82) is 0 Å². The molecule has 4 aliphatic carbocycles. The van der Waals surface area contributed by atoms with E-state index in [4.69, 9.17) is 4.74 Å². The maximum absolute atomic E-state index is 11.3. The predicted molar refractivity (Wildman–Crippen MR) is 108 cm³/mol. The second-order valence-corrected chi connectivity index (χ2v) is 10.5. The molecule has 1 N–H and O–H groups in total. The fourth-order valence-corrected chi connectivity index (χ4v) is 7.24. The Kier molecular flexibility index (Phi) is 4.93. The van der Waals surface area contributed by atoms with Gasteiger partial charge in [0.05, 0.1) is 25.0 Å². The summed E-state index contributed by atoms with van der Waals surface area (Å²) in [6, 6.07) is 0. The molecule has 0 aliphatic heterocycles. The molecular formula is C24H36O4. The van der Waals surface area contributed by atoms with Gasteiger partial charge in [-0.1, -0.05) is 25.5 Å². The molecule has 28 heavy (non-hydrogen) atoms. The zero-order chi connectivity index (χ0) is 20.2. The highest BCUT2D eigenvalue weighted by Gasteiger charge is 2.59. The van der Waals surface area contributed by atoms with Gasteiger partial charge in [0.15, 0.2) is 0 Å². The first-order valence-electron chi connectivity index (χ1n) is 11.0. The summed E-state index contributed by atoms with van der Waals surface area (Å²) >= 11 is 0. The van der Waals surface area contributed by atoms with Crippen molar-refractivity contribution < 1.29 is 19.4 Å². The highest BCUT2D eigenvalue weighted by Crippen LogP contribution is 2.65. The topological polar surface area (TPSA) is 55.8 Å². The van der Waals surface area contributed by atoms with E-state index in [-0.39, 0.29) is 22.9 Å². The van der Waals surface area contributed by atoms with Gasteiger partial charge in [-0.3, -0.25) is 0 Å². The van der Waals surface area contributed by atoms with Gasteiger partial charge >= 0.3 is 5.97 Å². The molecule has 0 heterocycles. The number of carbonyl (C=O) groups is 1. The lowest BCUT2D eigenvalue weighted by atomic mass is 9.47. The summed E-state index contributed by atoms with van der Waals surface area (Å²) in [5.74, 6) is 1.76. The van der Waals surface area contributed by atoms with Gasteiger partial charge in [0.25, 0.3) is 0 Å². The fourth-order valence-electron chi connectivity index (χ4n) is 7.24. The van der Waals surface area contributed by atoms with Gasteiger partial charge in [-0.15, -0.1) is 0 Å². The number of esters is 1. The minimum Gasteiger partial charge on any atom is -0.497 e. The lowest BCUT2D eigenvalue weighted by Crippen LogP contribution is -2.52. The molecule has 4 aliphatic rings.